The molecule has 0 unspecified atom stereocenters. The van der Waals surface area contributed by atoms with E-state index >= 15 is 0 Å². The van der Waals surface area contributed by atoms with Gasteiger partial charge in [0.05, 0.1) is 18.6 Å². The molecule has 0 amide bonds. The van der Waals surface area contributed by atoms with Crippen LogP contribution in [-0.2, 0) is 9.53 Å². The summed E-state index contributed by atoms with van der Waals surface area (Å²) in [5, 5.41) is 10.7. The van der Waals surface area contributed by atoms with Crippen LogP contribution in [0.25, 0.3) is 0 Å². The minimum atomic E-state index is -0.429. The van der Waals surface area contributed by atoms with E-state index in [2.05, 4.69) is 0 Å². The molecule has 1 aromatic carbocycles. The molecule has 0 aliphatic carbocycles. The maximum absolute atomic E-state index is 11.5. The van der Waals surface area contributed by atoms with Crippen LogP contribution in [0.2, 0.25) is 0 Å². The average Bonchev–Trinajstić information content (AvgIpc) is 2.49. The Morgan fingerprint density at radius 1 is 1.48 bits per heavy atom. The lowest BCUT2D eigenvalue weighted by Gasteiger charge is -2.37. The first-order chi connectivity index (χ1) is 10.0. The zero-order chi connectivity index (χ0) is 15.4. The van der Waals surface area contributed by atoms with Gasteiger partial charge in [-0.2, -0.15) is 0 Å². The van der Waals surface area contributed by atoms with Gasteiger partial charge in [-0.1, -0.05) is 12.1 Å². The predicted molar refractivity (Wildman–Crippen MR) is 78.3 cm³/mol. The first-order valence-corrected chi connectivity index (χ1v) is 7.14. The van der Waals surface area contributed by atoms with Gasteiger partial charge in [0.25, 0.3) is 5.69 Å². The van der Waals surface area contributed by atoms with Crippen LogP contribution in [0, 0.1) is 10.1 Å². The number of esters is 1. The van der Waals surface area contributed by atoms with Crippen molar-refractivity contribution in [1.29, 1.82) is 0 Å². The highest BCUT2D eigenvalue weighted by Crippen LogP contribution is 2.33. The number of hydrogen-bond donors (Lipinski definition) is 0. The van der Waals surface area contributed by atoms with E-state index in [1.165, 1.54) is 19.2 Å². The second-order valence-corrected chi connectivity index (χ2v) is 5.65. The minimum Gasteiger partial charge on any atom is -0.468 e. The van der Waals surface area contributed by atoms with Gasteiger partial charge in [-0.25, -0.2) is 0 Å². The van der Waals surface area contributed by atoms with E-state index in [0.717, 1.165) is 12.0 Å². The van der Waals surface area contributed by atoms with Crippen molar-refractivity contribution in [3.8, 4) is 0 Å². The monoisotopic (exact) mass is 312 g/mol. The fourth-order valence-electron chi connectivity index (χ4n) is 2.56. The van der Waals surface area contributed by atoms with Gasteiger partial charge in [0.15, 0.2) is 0 Å². The first-order valence-electron chi connectivity index (χ1n) is 6.70. The van der Waals surface area contributed by atoms with Crippen molar-refractivity contribution in [1.82, 2.24) is 4.90 Å². The minimum absolute atomic E-state index is 0.0267. The lowest BCUT2D eigenvalue weighted by Crippen LogP contribution is -2.40. The van der Waals surface area contributed by atoms with E-state index < -0.39 is 4.92 Å². The molecule has 0 radical (unpaired) electrons. The second kappa shape index (κ2) is 6.87. The number of ether oxygens (including phenoxy) is 1. The predicted octanol–water partition coefficient (Wildman–Crippen LogP) is 2.51. The third-order valence-electron chi connectivity index (χ3n) is 3.70. The number of hydrogen-bond acceptors (Lipinski definition) is 5. The van der Waals surface area contributed by atoms with Gasteiger partial charge < -0.3 is 4.74 Å². The first kappa shape index (κ1) is 15.7. The third-order valence-corrected chi connectivity index (χ3v) is 4.09. The Hall–Kier alpha value is -1.66. The molecule has 6 nitrogen and oxygen atoms in total. The molecule has 1 aromatic rings. The fourth-order valence-corrected chi connectivity index (χ4v) is 2.82. The normalized spacial score (nSPS) is 22.8. The van der Waals surface area contributed by atoms with Gasteiger partial charge in [0.2, 0.25) is 0 Å². The summed E-state index contributed by atoms with van der Waals surface area (Å²) >= 11 is 6.23. The standard InChI is InChI=1S/C14H17ClN2O4/c1-21-14(18)9-16-7-6-11(15)8-13(16)10-2-4-12(5-3-10)17(19)20/h2-5,11,13H,6-9H2,1H3/t11-,13-/m1/s1. The van der Waals surface area contributed by atoms with Crippen molar-refractivity contribution >= 4 is 23.3 Å². The lowest BCUT2D eigenvalue weighted by molar-refractivity contribution is -0.384. The zero-order valence-corrected chi connectivity index (χ0v) is 12.5. The summed E-state index contributed by atoms with van der Waals surface area (Å²) in [5.41, 5.74) is 0.978. The summed E-state index contributed by atoms with van der Waals surface area (Å²) in [7, 11) is 1.36. The van der Waals surface area contributed by atoms with Crippen LogP contribution in [0.15, 0.2) is 24.3 Å². The van der Waals surface area contributed by atoms with Crippen molar-refractivity contribution in [2.24, 2.45) is 0 Å². The van der Waals surface area contributed by atoms with Crippen LogP contribution < -0.4 is 0 Å². The number of benzene rings is 1. The number of methoxy groups -OCH3 is 1. The molecule has 1 heterocycles. The molecular weight excluding hydrogens is 296 g/mol. The zero-order valence-electron chi connectivity index (χ0n) is 11.7. The topological polar surface area (TPSA) is 72.7 Å². The molecule has 2 atom stereocenters. The highest BCUT2D eigenvalue weighted by molar-refractivity contribution is 6.20. The number of halogens is 1. The highest BCUT2D eigenvalue weighted by atomic mass is 35.5. The van der Waals surface area contributed by atoms with Crippen molar-refractivity contribution in [2.75, 3.05) is 20.2 Å². The van der Waals surface area contributed by atoms with E-state index in [4.69, 9.17) is 16.3 Å². The van der Waals surface area contributed by atoms with Gasteiger partial charge in [0, 0.05) is 30.1 Å². The van der Waals surface area contributed by atoms with Crippen molar-refractivity contribution in [2.45, 2.75) is 24.3 Å². The van der Waals surface area contributed by atoms with Crippen molar-refractivity contribution in [3.05, 3.63) is 39.9 Å². The molecule has 114 valence electrons. The Labute approximate surface area is 127 Å². The van der Waals surface area contributed by atoms with Gasteiger partial charge in [0.1, 0.15) is 0 Å². The van der Waals surface area contributed by atoms with E-state index in [0.29, 0.717) is 13.0 Å². The molecule has 21 heavy (non-hydrogen) atoms. The number of rotatable bonds is 4. The maximum Gasteiger partial charge on any atom is 0.319 e. The Bertz CT molecular complexity index is 520. The molecule has 7 heteroatoms. The molecule has 1 aliphatic heterocycles. The summed E-state index contributed by atoms with van der Waals surface area (Å²) < 4.78 is 4.71. The van der Waals surface area contributed by atoms with E-state index in [1.807, 2.05) is 4.90 Å². The molecular formula is C14H17ClN2O4. The van der Waals surface area contributed by atoms with Crippen LogP contribution in [0.5, 0.6) is 0 Å². The van der Waals surface area contributed by atoms with Gasteiger partial charge in [-0.05, 0) is 18.4 Å². The van der Waals surface area contributed by atoms with E-state index in [-0.39, 0.29) is 29.6 Å². The third kappa shape index (κ3) is 3.92. The van der Waals surface area contributed by atoms with Crippen LogP contribution >= 0.6 is 11.6 Å². The smallest absolute Gasteiger partial charge is 0.319 e. The maximum atomic E-state index is 11.5. The van der Waals surface area contributed by atoms with Crippen LogP contribution in [0.4, 0.5) is 5.69 Å². The number of piperidine rings is 1. The quantitative estimate of drug-likeness (QED) is 0.370. The molecule has 0 spiro atoms. The number of nitro benzene ring substituents is 1. The Morgan fingerprint density at radius 2 is 2.14 bits per heavy atom. The number of nitrogens with zero attached hydrogens (tertiary/aromatic N) is 2. The molecule has 1 aliphatic rings. The number of nitro groups is 1. The molecule has 0 N–H and O–H groups in total. The SMILES string of the molecule is COC(=O)CN1CC[C@@H](Cl)C[C@@H]1c1ccc([N+](=O)[O-])cc1. The Morgan fingerprint density at radius 3 is 2.71 bits per heavy atom. The Kier molecular flexibility index (Phi) is 5.14. The summed E-state index contributed by atoms with van der Waals surface area (Å²) in [6.07, 6.45) is 1.51. The molecule has 0 aromatic heterocycles. The van der Waals surface area contributed by atoms with Crippen LogP contribution in [0.1, 0.15) is 24.4 Å². The van der Waals surface area contributed by atoms with Gasteiger partial charge >= 0.3 is 5.97 Å². The fraction of sp³-hybridized carbons (Fsp3) is 0.500. The lowest BCUT2D eigenvalue weighted by atomic mass is 9.94. The number of carbonyl (C=O) groups is 1. The molecule has 0 bridgehead atoms. The number of non-ortho nitro benzene ring substituents is 1. The van der Waals surface area contributed by atoms with Crippen molar-refractivity contribution < 1.29 is 14.5 Å². The summed E-state index contributed by atoms with van der Waals surface area (Å²) in [4.78, 5) is 23.8. The van der Waals surface area contributed by atoms with E-state index in [9.17, 15) is 14.9 Å². The number of likely N-dealkylation sites (tertiary alicyclic amines) is 1. The highest BCUT2D eigenvalue weighted by Gasteiger charge is 2.30. The second-order valence-electron chi connectivity index (χ2n) is 5.03. The van der Waals surface area contributed by atoms with Crippen LogP contribution in [0.3, 0.4) is 0 Å². The summed E-state index contributed by atoms with van der Waals surface area (Å²) in [5.74, 6) is -0.296. The Balaban J connectivity index is 2.18. The average molecular weight is 313 g/mol. The molecule has 0 saturated carbocycles. The molecule has 1 saturated heterocycles. The number of carbonyl (C=O) groups excluding carboxylic acids is 1. The largest absolute Gasteiger partial charge is 0.468 e. The van der Waals surface area contributed by atoms with Crippen LogP contribution in [-0.4, -0.2) is 41.4 Å². The van der Waals surface area contributed by atoms with Crippen molar-refractivity contribution in [3.63, 3.8) is 0 Å². The summed E-state index contributed by atoms with van der Waals surface area (Å²) in [6.45, 7) is 0.896. The van der Waals surface area contributed by atoms with E-state index in [1.54, 1.807) is 12.1 Å². The number of alkyl halides is 1. The molecule has 2 rings (SSSR count). The van der Waals surface area contributed by atoms with Gasteiger partial charge in [-0.3, -0.25) is 19.8 Å². The summed E-state index contributed by atoms with van der Waals surface area (Å²) in [6, 6.07) is 6.37. The molecule has 1 fully saturated rings. The van der Waals surface area contributed by atoms with Gasteiger partial charge in [-0.15, -0.1) is 11.6 Å².